The predicted molar refractivity (Wildman–Crippen MR) is 73.5 cm³/mol. The summed E-state index contributed by atoms with van der Waals surface area (Å²) >= 11 is 0. The lowest BCUT2D eigenvalue weighted by Crippen LogP contribution is -2.63. The Morgan fingerprint density at radius 3 is 2.32 bits per heavy atom. The standard InChI is InChI=1S/C15H25N3O/c16-6-11-7-17-15(19)18(8-11)14-12-2-9-1-10(4-12)5-13(14)3-9/h9-14H,1-8,16H2,(H,17,19). The zero-order valence-corrected chi connectivity index (χ0v) is 11.6. The molecule has 2 amide bonds. The zero-order valence-electron chi connectivity index (χ0n) is 11.6. The molecular weight excluding hydrogens is 238 g/mol. The Morgan fingerprint density at radius 2 is 1.74 bits per heavy atom. The number of carbonyl (C=O) groups excluding carboxylic acids is 1. The van der Waals surface area contributed by atoms with Gasteiger partial charge in [0.2, 0.25) is 0 Å². The van der Waals surface area contributed by atoms with Crippen LogP contribution in [0, 0.1) is 29.6 Å². The Labute approximate surface area is 115 Å². The van der Waals surface area contributed by atoms with Crippen molar-refractivity contribution in [3.63, 3.8) is 0 Å². The highest BCUT2D eigenvalue weighted by Crippen LogP contribution is 2.55. The molecule has 0 radical (unpaired) electrons. The van der Waals surface area contributed by atoms with Crippen LogP contribution in [0.25, 0.3) is 0 Å². The van der Waals surface area contributed by atoms with Gasteiger partial charge in [-0.1, -0.05) is 0 Å². The molecule has 0 aromatic heterocycles. The van der Waals surface area contributed by atoms with Crippen molar-refractivity contribution in [2.75, 3.05) is 19.6 Å². The van der Waals surface area contributed by atoms with Crippen molar-refractivity contribution in [1.82, 2.24) is 10.2 Å². The van der Waals surface area contributed by atoms with E-state index in [1.165, 1.54) is 32.1 Å². The Bertz CT molecular complexity index is 356. The summed E-state index contributed by atoms with van der Waals surface area (Å²) in [5.74, 6) is 3.93. The van der Waals surface area contributed by atoms with Crippen LogP contribution >= 0.6 is 0 Å². The van der Waals surface area contributed by atoms with Crippen LogP contribution in [0.2, 0.25) is 0 Å². The average molecular weight is 263 g/mol. The molecule has 5 fully saturated rings. The first-order valence-electron chi connectivity index (χ1n) is 7.99. The molecule has 5 rings (SSSR count). The molecule has 5 aliphatic rings. The molecule has 4 heteroatoms. The summed E-state index contributed by atoms with van der Waals surface area (Å²) in [6.45, 7) is 2.33. The minimum atomic E-state index is 0.169. The minimum absolute atomic E-state index is 0.169. The van der Waals surface area contributed by atoms with Gasteiger partial charge in [-0.2, -0.15) is 0 Å². The van der Waals surface area contributed by atoms with Gasteiger partial charge in [0.25, 0.3) is 0 Å². The first kappa shape index (κ1) is 12.0. The molecular formula is C15H25N3O. The van der Waals surface area contributed by atoms with Crippen molar-refractivity contribution in [2.45, 2.75) is 38.1 Å². The molecule has 1 saturated heterocycles. The van der Waals surface area contributed by atoms with E-state index in [1.807, 2.05) is 0 Å². The molecule has 1 unspecified atom stereocenters. The van der Waals surface area contributed by atoms with Crippen LogP contribution in [0.1, 0.15) is 32.1 Å². The fourth-order valence-corrected chi connectivity index (χ4v) is 5.58. The highest BCUT2D eigenvalue weighted by molar-refractivity contribution is 5.75. The van der Waals surface area contributed by atoms with E-state index >= 15 is 0 Å². The van der Waals surface area contributed by atoms with Crippen molar-refractivity contribution in [3.05, 3.63) is 0 Å². The fourth-order valence-electron chi connectivity index (χ4n) is 5.58. The van der Waals surface area contributed by atoms with Crippen molar-refractivity contribution < 1.29 is 4.79 Å². The molecule has 3 N–H and O–H groups in total. The van der Waals surface area contributed by atoms with Gasteiger partial charge in [0.1, 0.15) is 0 Å². The summed E-state index contributed by atoms with van der Waals surface area (Å²) in [5.41, 5.74) is 5.81. The Kier molecular flexibility index (Phi) is 2.76. The molecule has 0 aromatic carbocycles. The van der Waals surface area contributed by atoms with Crippen LogP contribution in [0.4, 0.5) is 4.79 Å². The lowest BCUT2D eigenvalue weighted by molar-refractivity contribution is -0.0572. The van der Waals surface area contributed by atoms with Gasteiger partial charge in [-0.05, 0) is 62.3 Å². The van der Waals surface area contributed by atoms with Gasteiger partial charge in [0, 0.05) is 25.0 Å². The fraction of sp³-hybridized carbons (Fsp3) is 0.933. The van der Waals surface area contributed by atoms with E-state index < -0.39 is 0 Å². The lowest BCUT2D eigenvalue weighted by Gasteiger charge is -2.58. The number of hydrogen-bond donors (Lipinski definition) is 2. The van der Waals surface area contributed by atoms with Gasteiger partial charge in [-0.3, -0.25) is 0 Å². The van der Waals surface area contributed by atoms with Crippen molar-refractivity contribution in [1.29, 1.82) is 0 Å². The van der Waals surface area contributed by atoms with Crippen molar-refractivity contribution in [3.8, 4) is 0 Å². The normalized spacial score (nSPS) is 48.5. The van der Waals surface area contributed by atoms with Crippen molar-refractivity contribution >= 4 is 6.03 Å². The first-order chi connectivity index (χ1) is 9.24. The largest absolute Gasteiger partial charge is 0.338 e. The van der Waals surface area contributed by atoms with Gasteiger partial charge < -0.3 is 16.0 Å². The summed E-state index contributed by atoms with van der Waals surface area (Å²) in [6.07, 6.45) is 6.95. The molecule has 4 nitrogen and oxygen atoms in total. The molecule has 106 valence electrons. The van der Waals surface area contributed by atoms with Crippen molar-refractivity contribution in [2.24, 2.45) is 35.3 Å². The minimum Gasteiger partial charge on any atom is -0.338 e. The molecule has 0 spiro atoms. The average Bonchev–Trinajstić information content (AvgIpc) is 2.39. The lowest BCUT2D eigenvalue weighted by atomic mass is 9.54. The number of amides is 2. The predicted octanol–water partition coefficient (Wildman–Crippen LogP) is 1.41. The van der Waals surface area contributed by atoms with E-state index in [4.69, 9.17) is 5.73 Å². The van der Waals surface area contributed by atoms with Crippen LogP contribution in [-0.2, 0) is 0 Å². The van der Waals surface area contributed by atoms with Gasteiger partial charge in [-0.15, -0.1) is 0 Å². The maximum atomic E-state index is 12.3. The van der Waals surface area contributed by atoms with Crippen LogP contribution in [0.15, 0.2) is 0 Å². The molecule has 19 heavy (non-hydrogen) atoms. The summed E-state index contributed by atoms with van der Waals surface area (Å²) in [4.78, 5) is 14.4. The first-order valence-corrected chi connectivity index (χ1v) is 7.99. The van der Waals surface area contributed by atoms with E-state index in [1.54, 1.807) is 0 Å². The number of nitrogens with two attached hydrogens (primary N) is 1. The summed E-state index contributed by atoms with van der Waals surface area (Å²) in [7, 11) is 0. The third kappa shape index (κ3) is 1.87. The van der Waals surface area contributed by atoms with Gasteiger partial charge in [0.05, 0.1) is 0 Å². The Morgan fingerprint density at radius 1 is 1.11 bits per heavy atom. The van der Waals surface area contributed by atoms with E-state index in [-0.39, 0.29) is 6.03 Å². The number of rotatable bonds is 2. The van der Waals surface area contributed by atoms with Gasteiger partial charge in [-0.25, -0.2) is 4.79 Å². The van der Waals surface area contributed by atoms with E-state index in [0.29, 0.717) is 18.5 Å². The second kappa shape index (κ2) is 4.37. The Balaban J connectivity index is 1.56. The third-order valence-corrected chi connectivity index (χ3v) is 6.13. The summed E-state index contributed by atoms with van der Waals surface area (Å²) < 4.78 is 0. The molecule has 4 saturated carbocycles. The highest BCUT2D eigenvalue weighted by atomic mass is 16.2. The van der Waals surface area contributed by atoms with Crippen LogP contribution < -0.4 is 11.1 Å². The number of nitrogens with one attached hydrogen (secondary N) is 1. The summed E-state index contributed by atoms with van der Waals surface area (Å²) in [6, 6.07) is 0.685. The number of urea groups is 1. The molecule has 0 aromatic rings. The molecule has 1 aliphatic heterocycles. The monoisotopic (exact) mass is 263 g/mol. The number of hydrogen-bond acceptors (Lipinski definition) is 2. The molecule has 4 bridgehead atoms. The van der Waals surface area contributed by atoms with Crippen LogP contribution in [-0.4, -0.2) is 36.6 Å². The second-order valence-corrected chi connectivity index (χ2v) is 7.36. The molecule has 1 heterocycles. The maximum Gasteiger partial charge on any atom is 0.317 e. The topological polar surface area (TPSA) is 58.4 Å². The third-order valence-electron chi connectivity index (χ3n) is 6.13. The van der Waals surface area contributed by atoms with Crippen LogP contribution in [0.5, 0.6) is 0 Å². The number of carbonyl (C=O) groups is 1. The highest BCUT2D eigenvalue weighted by Gasteiger charge is 2.51. The Hall–Kier alpha value is -0.770. The maximum absolute atomic E-state index is 12.3. The summed E-state index contributed by atoms with van der Waals surface area (Å²) in [5, 5.41) is 3.05. The smallest absolute Gasteiger partial charge is 0.317 e. The molecule has 4 aliphatic carbocycles. The van der Waals surface area contributed by atoms with E-state index in [0.717, 1.165) is 36.8 Å². The second-order valence-electron chi connectivity index (χ2n) is 7.36. The van der Waals surface area contributed by atoms with E-state index in [9.17, 15) is 4.79 Å². The van der Waals surface area contributed by atoms with Gasteiger partial charge in [0.15, 0.2) is 0 Å². The molecule has 1 atom stereocenters. The van der Waals surface area contributed by atoms with E-state index in [2.05, 4.69) is 10.2 Å². The van der Waals surface area contributed by atoms with Crippen LogP contribution in [0.3, 0.4) is 0 Å². The van der Waals surface area contributed by atoms with Gasteiger partial charge >= 0.3 is 6.03 Å². The number of nitrogens with zero attached hydrogens (tertiary/aromatic N) is 1. The zero-order chi connectivity index (χ0) is 13.0. The quantitative estimate of drug-likeness (QED) is 0.791. The SMILES string of the molecule is NCC1CNC(=O)N(C2C3CC4CC(C3)CC2C4)C1.